The molecular weight excluding hydrogens is 212 g/mol. The molecule has 0 fully saturated rings. The van der Waals surface area contributed by atoms with Crippen LogP contribution >= 0.6 is 0 Å². The number of likely N-dealkylation sites (N-methyl/N-ethyl adjacent to an activating group) is 1. The summed E-state index contributed by atoms with van der Waals surface area (Å²) in [4.78, 5) is 0. The van der Waals surface area contributed by atoms with Gasteiger partial charge in [-0.1, -0.05) is 42.5 Å². The Morgan fingerprint density at radius 1 is 1.18 bits per heavy atom. The third-order valence-corrected chi connectivity index (χ3v) is 2.91. The number of nitrogens with two attached hydrogens (primary N) is 1. The summed E-state index contributed by atoms with van der Waals surface area (Å²) in [5, 5.41) is 4.10. The second-order valence-corrected chi connectivity index (χ2v) is 4.23. The highest BCUT2D eigenvalue weighted by Crippen LogP contribution is 2.26. The van der Waals surface area contributed by atoms with Crippen LogP contribution in [0.4, 0.5) is 0 Å². The largest absolute Gasteiger partial charge is 0.375 e. The smallest absolute Gasteiger partial charge is 0.0967 e. The molecule has 17 heavy (non-hydrogen) atoms. The maximum Gasteiger partial charge on any atom is 0.0967 e. The maximum absolute atomic E-state index is 5.70. The van der Waals surface area contributed by atoms with E-state index in [0.29, 0.717) is 6.54 Å². The Bertz CT molecular complexity index is 491. The Kier molecular flexibility index (Phi) is 3.74. The zero-order chi connectivity index (χ0) is 12.3. The van der Waals surface area contributed by atoms with E-state index < -0.39 is 0 Å². The van der Waals surface area contributed by atoms with Gasteiger partial charge >= 0.3 is 0 Å². The first-order valence-electron chi connectivity index (χ1n) is 5.68. The summed E-state index contributed by atoms with van der Waals surface area (Å²) in [5.74, 6) is 5.70. The molecule has 0 aromatic heterocycles. The highest BCUT2D eigenvalue weighted by molar-refractivity contribution is 5.86. The molecule has 2 N–H and O–H groups in total. The predicted molar refractivity (Wildman–Crippen MR) is 70.5 cm³/mol. The number of nitrogens with zero attached hydrogens (tertiary/aromatic N) is 1. The zero-order valence-electron chi connectivity index (χ0n) is 10.3. The van der Waals surface area contributed by atoms with Gasteiger partial charge in [-0.25, -0.2) is 5.01 Å². The van der Waals surface area contributed by atoms with E-state index in [1.165, 1.54) is 16.3 Å². The fraction of sp³-hybridized carbons (Fsp3) is 0.286. The molecule has 0 saturated heterocycles. The van der Waals surface area contributed by atoms with Crippen LogP contribution in [0.5, 0.6) is 0 Å². The zero-order valence-corrected chi connectivity index (χ0v) is 10.3. The van der Waals surface area contributed by atoms with Crippen molar-refractivity contribution in [2.45, 2.75) is 6.10 Å². The number of hydrazine groups is 1. The van der Waals surface area contributed by atoms with Gasteiger partial charge in [0.15, 0.2) is 0 Å². The minimum absolute atomic E-state index is 0.00361. The lowest BCUT2D eigenvalue weighted by molar-refractivity contribution is 0.0728. The highest BCUT2D eigenvalue weighted by atomic mass is 16.5. The van der Waals surface area contributed by atoms with E-state index in [0.717, 1.165) is 0 Å². The minimum Gasteiger partial charge on any atom is -0.375 e. The average Bonchev–Trinajstić information content (AvgIpc) is 2.35. The fourth-order valence-electron chi connectivity index (χ4n) is 2.09. The predicted octanol–water partition coefficient (Wildman–Crippen LogP) is 2.33. The Morgan fingerprint density at radius 3 is 2.59 bits per heavy atom. The van der Waals surface area contributed by atoms with Gasteiger partial charge in [0.2, 0.25) is 0 Å². The molecule has 0 spiro atoms. The number of benzene rings is 2. The fourth-order valence-corrected chi connectivity index (χ4v) is 2.09. The van der Waals surface area contributed by atoms with Crippen LogP contribution in [0.25, 0.3) is 10.8 Å². The van der Waals surface area contributed by atoms with E-state index >= 15 is 0 Å². The molecule has 2 aromatic rings. The van der Waals surface area contributed by atoms with Gasteiger partial charge < -0.3 is 4.74 Å². The molecular formula is C14H18N2O. The van der Waals surface area contributed by atoms with E-state index in [1.54, 1.807) is 12.1 Å². The molecule has 2 aromatic carbocycles. The molecule has 0 radical (unpaired) electrons. The molecule has 0 saturated carbocycles. The van der Waals surface area contributed by atoms with Gasteiger partial charge in [0, 0.05) is 20.7 Å². The van der Waals surface area contributed by atoms with E-state index in [9.17, 15) is 0 Å². The van der Waals surface area contributed by atoms with Crippen molar-refractivity contribution < 1.29 is 4.74 Å². The van der Waals surface area contributed by atoms with Crippen molar-refractivity contribution in [3.8, 4) is 0 Å². The van der Waals surface area contributed by atoms with Crippen molar-refractivity contribution in [1.82, 2.24) is 5.01 Å². The molecule has 0 aliphatic heterocycles. The normalized spacial score (nSPS) is 13.2. The molecule has 0 bridgehead atoms. The number of ether oxygens (including phenoxy) is 1. The second-order valence-electron chi connectivity index (χ2n) is 4.23. The van der Waals surface area contributed by atoms with Gasteiger partial charge in [-0.3, -0.25) is 5.84 Å². The first-order valence-corrected chi connectivity index (χ1v) is 5.68. The van der Waals surface area contributed by atoms with Gasteiger partial charge in [-0.2, -0.15) is 0 Å². The number of fused-ring (bicyclic) bond motifs is 1. The molecule has 0 aliphatic carbocycles. The van der Waals surface area contributed by atoms with E-state index in [-0.39, 0.29) is 6.10 Å². The van der Waals surface area contributed by atoms with Crippen molar-refractivity contribution in [3.63, 3.8) is 0 Å². The third kappa shape index (κ3) is 2.64. The first kappa shape index (κ1) is 12.0. The number of hydrogen-bond acceptors (Lipinski definition) is 3. The molecule has 1 unspecified atom stereocenters. The lowest BCUT2D eigenvalue weighted by atomic mass is 10.0. The molecule has 3 nitrogen and oxygen atoms in total. The number of methoxy groups -OCH3 is 1. The van der Waals surface area contributed by atoms with Gasteiger partial charge in [-0.05, 0) is 16.3 Å². The van der Waals surface area contributed by atoms with E-state index in [4.69, 9.17) is 10.6 Å². The summed E-state index contributed by atoms with van der Waals surface area (Å²) >= 11 is 0. The van der Waals surface area contributed by atoms with Gasteiger partial charge in [0.05, 0.1) is 6.10 Å². The van der Waals surface area contributed by atoms with Gasteiger partial charge in [0.25, 0.3) is 0 Å². The SMILES string of the molecule is COC(CN(C)N)c1cccc2ccccc12. The Hall–Kier alpha value is -1.42. The van der Waals surface area contributed by atoms with Crippen LogP contribution in [-0.4, -0.2) is 25.7 Å². The second kappa shape index (κ2) is 5.27. The van der Waals surface area contributed by atoms with Crippen molar-refractivity contribution in [2.24, 2.45) is 5.84 Å². The number of hydrogen-bond donors (Lipinski definition) is 1. The summed E-state index contributed by atoms with van der Waals surface area (Å²) in [6.45, 7) is 0.671. The van der Waals surface area contributed by atoms with Crippen molar-refractivity contribution in [3.05, 3.63) is 48.0 Å². The Morgan fingerprint density at radius 2 is 1.88 bits per heavy atom. The van der Waals surface area contributed by atoms with Crippen LogP contribution in [0.2, 0.25) is 0 Å². The summed E-state index contributed by atoms with van der Waals surface area (Å²) in [6, 6.07) is 14.6. The summed E-state index contributed by atoms with van der Waals surface area (Å²) < 4.78 is 5.53. The van der Waals surface area contributed by atoms with Gasteiger partial charge in [0.1, 0.15) is 0 Å². The monoisotopic (exact) mass is 230 g/mol. The topological polar surface area (TPSA) is 38.5 Å². The quantitative estimate of drug-likeness (QED) is 0.647. The van der Waals surface area contributed by atoms with Gasteiger partial charge in [-0.15, -0.1) is 0 Å². The lowest BCUT2D eigenvalue weighted by Crippen LogP contribution is -2.31. The van der Waals surface area contributed by atoms with Crippen LogP contribution in [0.3, 0.4) is 0 Å². The van der Waals surface area contributed by atoms with Crippen LogP contribution in [0.15, 0.2) is 42.5 Å². The average molecular weight is 230 g/mol. The molecule has 1 atom stereocenters. The van der Waals surface area contributed by atoms with Crippen molar-refractivity contribution in [2.75, 3.05) is 20.7 Å². The standard InChI is InChI=1S/C14H18N2O/c1-16(15)10-14(17-2)13-9-5-7-11-6-3-4-8-12(11)13/h3-9,14H,10,15H2,1-2H3. The van der Waals surface area contributed by atoms with Crippen LogP contribution in [-0.2, 0) is 4.74 Å². The lowest BCUT2D eigenvalue weighted by Gasteiger charge is -2.21. The molecule has 0 aliphatic rings. The van der Waals surface area contributed by atoms with Crippen molar-refractivity contribution >= 4 is 10.8 Å². The molecule has 3 heteroatoms. The maximum atomic E-state index is 5.70. The molecule has 0 heterocycles. The third-order valence-electron chi connectivity index (χ3n) is 2.91. The van der Waals surface area contributed by atoms with Crippen LogP contribution in [0, 0.1) is 0 Å². The van der Waals surface area contributed by atoms with E-state index in [1.807, 2.05) is 19.2 Å². The summed E-state index contributed by atoms with van der Waals surface area (Å²) in [5.41, 5.74) is 1.18. The molecule has 0 amide bonds. The number of rotatable bonds is 4. The molecule has 2 rings (SSSR count). The summed E-state index contributed by atoms with van der Waals surface area (Å²) in [6.07, 6.45) is -0.00361. The van der Waals surface area contributed by atoms with Crippen LogP contribution < -0.4 is 5.84 Å². The Balaban J connectivity index is 2.46. The summed E-state index contributed by atoms with van der Waals surface area (Å²) in [7, 11) is 3.56. The minimum atomic E-state index is -0.00361. The van der Waals surface area contributed by atoms with Crippen LogP contribution in [0.1, 0.15) is 11.7 Å². The highest BCUT2D eigenvalue weighted by Gasteiger charge is 2.14. The first-order chi connectivity index (χ1) is 8.22. The van der Waals surface area contributed by atoms with Crippen molar-refractivity contribution in [1.29, 1.82) is 0 Å². The molecule has 90 valence electrons. The van der Waals surface area contributed by atoms with E-state index in [2.05, 4.69) is 30.3 Å². The Labute approximate surface area is 102 Å².